The first-order valence-electron chi connectivity index (χ1n) is 7.11. The zero-order chi connectivity index (χ0) is 15.4. The van der Waals surface area contributed by atoms with Crippen LogP contribution < -0.4 is 10.1 Å². The van der Waals surface area contributed by atoms with Crippen molar-refractivity contribution in [3.05, 3.63) is 33.8 Å². The lowest BCUT2D eigenvalue weighted by Gasteiger charge is -2.06. The second-order valence-electron chi connectivity index (χ2n) is 5.11. The van der Waals surface area contributed by atoms with Gasteiger partial charge < -0.3 is 10.1 Å². The Balaban J connectivity index is 2.44. The van der Waals surface area contributed by atoms with Crippen molar-refractivity contribution in [2.75, 3.05) is 13.7 Å². The molecule has 0 aliphatic rings. The van der Waals surface area contributed by atoms with Gasteiger partial charge in [0, 0.05) is 16.4 Å². The molecular formula is C16H21ClN2OS. The minimum atomic E-state index is 0.405. The normalized spacial score (nSPS) is 11.1. The third-order valence-corrected chi connectivity index (χ3v) is 4.54. The van der Waals surface area contributed by atoms with E-state index in [1.54, 1.807) is 18.4 Å². The second-order valence-corrected chi connectivity index (χ2v) is 6.63. The van der Waals surface area contributed by atoms with E-state index in [0.717, 1.165) is 35.1 Å². The van der Waals surface area contributed by atoms with Gasteiger partial charge in [-0.25, -0.2) is 4.98 Å². The largest absolute Gasteiger partial charge is 0.496 e. The van der Waals surface area contributed by atoms with Gasteiger partial charge in [-0.1, -0.05) is 32.4 Å². The predicted molar refractivity (Wildman–Crippen MR) is 90.6 cm³/mol. The van der Waals surface area contributed by atoms with Crippen molar-refractivity contribution < 1.29 is 4.74 Å². The minimum Gasteiger partial charge on any atom is -0.496 e. The van der Waals surface area contributed by atoms with Gasteiger partial charge in [-0.15, -0.1) is 11.3 Å². The highest BCUT2D eigenvalue weighted by atomic mass is 35.5. The van der Waals surface area contributed by atoms with Crippen molar-refractivity contribution >= 4 is 22.9 Å². The Morgan fingerprint density at radius 2 is 2.14 bits per heavy atom. The fourth-order valence-electron chi connectivity index (χ4n) is 2.14. The maximum atomic E-state index is 6.03. The molecule has 2 aromatic rings. The fourth-order valence-corrected chi connectivity index (χ4v) is 3.51. The van der Waals surface area contributed by atoms with E-state index in [1.165, 1.54) is 4.88 Å². The van der Waals surface area contributed by atoms with Crippen LogP contribution in [0.1, 0.15) is 37.3 Å². The molecule has 0 saturated heterocycles. The summed E-state index contributed by atoms with van der Waals surface area (Å²) in [6, 6.07) is 5.68. The molecule has 0 bridgehead atoms. The van der Waals surface area contributed by atoms with Gasteiger partial charge in [0.2, 0.25) is 0 Å². The van der Waals surface area contributed by atoms with E-state index >= 15 is 0 Å². The lowest BCUT2D eigenvalue weighted by atomic mass is 10.1. The van der Waals surface area contributed by atoms with E-state index in [-0.39, 0.29) is 0 Å². The van der Waals surface area contributed by atoms with Crippen molar-refractivity contribution in [1.82, 2.24) is 10.3 Å². The Labute approximate surface area is 135 Å². The first kappa shape index (κ1) is 16.3. The number of thiazole rings is 1. The highest BCUT2D eigenvalue weighted by molar-refractivity contribution is 7.15. The lowest BCUT2D eigenvalue weighted by Crippen LogP contribution is -2.12. The summed E-state index contributed by atoms with van der Waals surface area (Å²) in [6.07, 6.45) is 0. The van der Waals surface area contributed by atoms with Gasteiger partial charge in [0.05, 0.1) is 18.4 Å². The maximum absolute atomic E-state index is 6.03. The third-order valence-electron chi connectivity index (χ3n) is 3.20. The maximum Gasteiger partial charge on any atom is 0.130 e. The number of methoxy groups -OCH3 is 1. The molecule has 0 aliphatic carbocycles. The Kier molecular flexibility index (Phi) is 5.62. The van der Waals surface area contributed by atoms with E-state index in [9.17, 15) is 0 Å². The van der Waals surface area contributed by atoms with E-state index in [4.69, 9.17) is 21.3 Å². The molecule has 5 heteroatoms. The highest BCUT2D eigenvalue weighted by Crippen LogP contribution is 2.37. The standard InChI is InChI=1S/C16H21ClN2OS/c1-5-18-9-14-15(10(2)3)19-16(21-14)12-7-6-11(17)8-13(12)20-4/h6-8,10,18H,5,9H2,1-4H3. The molecule has 0 atom stereocenters. The second kappa shape index (κ2) is 7.25. The van der Waals surface area contributed by atoms with E-state index < -0.39 is 0 Å². The van der Waals surface area contributed by atoms with Crippen molar-refractivity contribution in [2.45, 2.75) is 33.2 Å². The van der Waals surface area contributed by atoms with Gasteiger partial charge in [-0.2, -0.15) is 0 Å². The number of ether oxygens (including phenoxy) is 1. The van der Waals surface area contributed by atoms with E-state index in [0.29, 0.717) is 10.9 Å². The number of nitrogens with zero attached hydrogens (tertiary/aromatic N) is 1. The Hall–Kier alpha value is -1.10. The SMILES string of the molecule is CCNCc1sc(-c2ccc(Cl)cc2OC)nc1C(C)C. The molecule has 0 fully saturated rings. The summed E-state index contributed by atoms with van der Waals surface area (Å²) in [5, 5.41) is 5.04. The summed E-state index contributed by atoms with van der Waals surface area (Å²) in [5.41, 5.74) is 2.16. The molecule has 1 heterocycles. The first-order chi connectivity index (χ1) is 10.1. The molecule has 0 radical (unpaired) electrons. The van der Waals surface area contributed by atoms with Gasteiger partial charge in [0.25, 0.3) is 0 Å². The molecule has 0 aliphatic heterocycles. The summed E-state index contributed by atoms with van der Waals surface area (Å²) < 4.78 is 5.44. The van der Waals surface area contributed by atoms with Gasteiger partial charge in [-0.05, 0) is 30.7 Å². The Morgan fingerprint density at radius 3 is 2.76 bits per heavy atom. The Morgan fingerprint density at radius 1 is 1.38 bits per heavy atom. The molecular weight excluding hydrogens is 304 g/mol. The lowest BCUT2D eigenvalue weighted by molar-refractivity contribution is 0.416. The fraction of sp³-hybridized carbons (Fsp3) is 0.438. The number of halogens is 1. The van der Waals surface area contributed by atoms with Crippen molar-refractivity contribution in [3.8, 4) is 16.3 Å². The van der Waals surface area contributed by atoms with Crippen molar-refractivity contribution in [1.29, 1.82) is 0 Å². The average Bonchev–Trinajstić information content (AvgIpc) is 2.89. The zero-order valence-electron chi connectivity index (χ0n) is 12.9. The van der Waals surface area contributed by atoms with Crippen LogP contribution in [0.3, 0.4) is 0 Å². The monoisotopic (exact) mass is 324 g/mol. The van der Waals surface area contributed by atoms with Gasteiger partial charge in [0.1, 0.15) is 10.8 Å². The van der Waals surface area contributed by atoms with E-state index in [2.05, 4.69) is 26.1 Å². The van der Waals surface area contributed by atoms with Gasteiger partial charge in [0.15, 0.2) is 0 Å². The predicted octanol–water partition coefficient (Wildman–Crippen LogP) is 4.71. The molecule has 1 aromatic heterocycles. The van der Waals surface area contributed by atoms with Gasteiger partial charge >= 0.3 is 0 Å². The number of hydrogen-bond donors (Lipinski definition) is 1. The summed E-state index contributed by atoms with van der Waals surface area (Å²) >= 11 is 7.75. The van der Waals surface area contributed by atoms with Crippen LogP contribution >= 0.6 is 22.9 Å². The molecule has 114 valence electrons. The molecule has 0 spiro atoms. The molecule has 3 nitrogen and oxygen atoms in total. The highest BCUT2D eigenvalue weighted by Gasteiger charge is 2.17. The van der Waals surface area contributed by atoms with Crippen LogP contribution in [0.15, 0.2) is 18.2 Å². The van der Waals surface area contributed by atoms with Crippen LogP contribution in [0.4, 0.5) is 0 Å². The number of benzene rings is 1. The van der Waals surface area contributed by atoms with E-state index in [1.807, 2.05) is 18.2 Å². The van der Waals surface area contributed by atoms with Gasteiger partial charge in [-0.3, -0.25) is 0 Å². The molecule has 1 aromatic carbocycles. The number of rotatable bonds is 6. The van der Waals surface area contributed by atoms with Crippen LogP contribution in [0.5, 0.6) is 5.75 Å². The average molecular weight is 325 g/mol. The summed E-state index contributed by atoms with van der Waals surface area (Å²) in [5.74, 6) is 1.17. The molecule has 0 amide bonds. The third kappa shape index (κ3) is 3.76. The van der Waals surface area contributed by atoms with Crippen molar-refractivity contribution in [3.63, 3.8) is 0 Å². The van der Waals surface area contributed by atoms with Crippen LogP contribution in [0, 0.1) is 0 Å². The molecule has 0 saturated carbocycles. The van der Waals surface area contributed by atoms with Crippen LogP contribution in [-0.4, -0.2) is 18.6 Å². The van der Waals surface area contributed by atoms with Crippen LogP contribution in [-0.2, 0) is 6.54 Å². The minimum absolute atomic E-state index is 0.405. The number of nitrogens with one attached hydrogen (secondary N) is 1. The van der Waals surface area contributed by atoms with Crippen LogP contribution in [0.25, 0.3) is 10.6 Å². The zero-order valence-corrected chi connectivity index (χ0v) is 14.4. The quantitative estimate of drug-likeness (QED) is 0.836. The molecule has 21 heavy (non-hydrogen) atoms. The molecule has 1 N–H and O–H groups in total. The molecule has 0 unspecified atom stereocenters. The topological polar surface area (TPSA) is 34.1 Å². The molecule has 2 rings (SSSR count). The summed E-state index contributed by atoms with van der Waals surface area (Å²) in [7, 11) is 1.66. The van der Waals surface area contributed by atoms with Crippen LogP contribution in [0.2, 0.25) is 5.02 Å². The first-order valence-corrected chi connectivity index (χ1v) is 8.30. The number of hydrogen-bond acceptors (Lipinski definition) is 4. The smallest absolute Gasteiger partial charge is 0.130 e. The summed E-state index contributed by atoms with van der Waals surface area (Å²) in [6.45, 7) is 8.27. The Bertz CT molecular complexity index is 610. The van der Waals surface area contributed by atoms with Crippen molar-refractivity contribution in [2.24, 2.45) is 0 Å². The number of aromatic nitrogens is 1. The summed E-state index contributed by atoms with van der Waals surface area (Å²) in [4.78, 5) is 6.12.